The number of hydrogen-bond donors (Lipinski definition) is 3. The van der Waals surface area contributed by atoms with Crippen molar-refractivity contribution in [3.63, 3.8) is 0 Å². The van der Waals surface area contributed by atoms with E-state index in [0.29, 0.717) is 10.9 Å². The van der Waals surface area contributed by atoms with Gasteiger partial charge in [0.2, 0.25) is 0 Å². The predicted molar refractivity (Wildman–Crippen MR) is 72.7 cm³/mol. The van der Waals surface area contributed by atoms with Crippen LogP contribution < -0.4 is 10.6 Å². The first-order chi connectivity index (χ1) is 9.13. The summed E-state index contributed by atoms with van der Waals surface area (Å²) >= 11 is 1.23. The highest BCUT2D eigenvalue weighted by atomic mass is 32.1. The van der Waals surface area contributed by atoms with Crippen molar-refractivity contribution in [3.8, 4) is 0 Å². The minimum absolute atomic E-state index is 0.146. The summed E-state index contributed by atoms with van der Waals surface area (Å²) in [5, 5.41) is 16.7. The Balaban J connectivity index is 1.59. The van der Waals surface area contributed by atoms with Crippen molar-refractivity contribution < 1.29 is 14.7 Å². The lowest BCUT2D eigenvalue weighted by Gasteiger charge is -2.22. The van der Waals surface area contributed by atoms with Crippen LogP contribution >= 0.6 is 11.3 Å². The van der Waals surface area contributed by atoms with Gasteiger partial charge >= 0.3 is 12.0 Å². The second-order valence-corrected chi connectivity index (χ2v) is 6.26. The fourth-order valence-corrected chi connectivity index (χ4v) is 4.08. The number of amides is 2. The zero-order valence-electron chi connectivity index (χ0n) is 10.4. The Bertz CT molecular complexity index is 514. The lowest BCUT2D eigenvalue weighted by Crippen LogP contribution is -2.41. The zero-order valence-corrected chi connectivity index (χ0v) is 11.2. The highest BCUT2D eigenvalue weighted by Gasteiger charge is 2.40. The molecule has 0 aliphatic heterocycles. The minimum Gasteiger partial charge on any atom is -0.478 e. The summed E-state index contributed by atoms with van der Waals surface area (Å²) in [5.74, 6) is 0.362. The predicted octanol–water partition coefficient (Wildman–Crippen LogP) is 2.76. The van der Waals surface area contributed by atoms with Gasteiger partial charge in [-0.1, -0.05) is 6.42 Å². The van der Waals surface area contributed by atoms with Crippen molar-refractivity contribution in [1.29, 1.82) is 0 Å². The molecule has 5 nitrogen and oxygen atoms in total. The first-order valence-electron chi connectivity index (χ1n) is 6.52. The number of anilines is 1. The van der Waals surface area contributed by atoms with E-state index in [1.165, 1.54) is 36.7 Å². The Morgan fingerprint density at radius 2 is 2.16 bits per heavy atom. The van der Waals surface area contributed by atoms with Gasteiger partial charge in [-0.2, -0.15) is 0 Å². The summed E-state index contributed by atoms with van der Waals surface area (Å²) in [7, 11) is 0. The van der Waals surface area contributed by atoms with Crippen molar-refractivity contribution >= 4 is 28.3 Å². The molecule has 2 amide bonds. The Morgan fingerprint density at radius 3 is 2.79 bits per heavy atom. The van der Waals surface area contributed by atoms with Gasteiger partial charge in [-0.25, -0.2) is 9.59 Å². The fraction of sp³-hybridized carbons (Fsp3) is 0.538. The molecule has 0 aromatic carbocycles. The highest BCUT2D eigenvalue weighted by molar-refractivity contribution is 7.14. The molecule has 1 aromatic heterocycles. The molecular formula is C13H16N2O3S. The molecular weight excluding hydrogens is 264 g/mol. The van der Waals surface area contributed by atoms with Crippen LogP contribution in [0.1, 0.15) is 36.0 Å². The molecule has 0 saturated heterocycles. The summed E-state index contributed by atoms with van der Waals surface area (Å²) in [6.45, 7) is 0. The minimum atomic E-state index is -1.02. The zero-order chi connectivity index (χ0) is 13.4. The molecule has 2 aliphatic carbocycles. The fourth-order valence-electron chi connectivity index (χ4n) is 3.30. The Kier molecular flexibility index (Phi) is 3.18. The summed E-state index contributed by atoms with van der Waals surface area (Å²) in [6.07, 6.45) is 4.78. The van der Waals surface area contributed by atoms with Crippen molar-refractivity contribution in [1.82, 2.24) is 5.32 Å². The largest absolute Gasteiger partial charge is 0.478 e. The van der Waals surface area contributed by atoms with Crippen LogP contribution in [-0.2, 0) is 0 Å². The Labute approximate surface area is 115 Å². The van der Waals surface area contributed by atoms with Gasteiger partial charge < -0.3 is 10.4 Å². The van der Waals surface area contributed by atoms with E-state index < -0.39 is 5.97 Å². The van der Waals surface area contributed by atoms with Crippen LogP contribution in [0.15, 0.2) is 11.4 Å². The summed E-state index contributed by atoms with van der Waals surface area (Å²) in [4.78, 5) is 22.9. The molecule has 2 bridgehead atoms. The van der Waals surface area contributed by atoms with Crippen molar-refractivity contribution in [2.75, 3.05) is 5.32 Å². The summed E-state index contributed by atoms with van der Waals surface area (Å²) in [5.41, 5.74) is 0.146. The number of thiophene rings is 1. The highest BCUT2D eigenvalue weighted by Crippen LogP contribution is 2.44. The number of urea groups is 1. The lowest BCUT2D eigenvalue weighted by atomic mass is 9.95. The van der Waals surface area contributed by atoms with Crippen LogP contribution in [0.3, 0.4) is 0 Å². The van der Waals surface area contributed by atoms with E-state index in [2.05, 4.69) is 10.6 Å². The van der Waals surface area contributed by atoms with Gasteiger partial charge in [0, 0.05) is 6.04 Å². The van der Waals surface area contributed by atoms with Gasteiger partial charge in [-0.15, -0.1) is 11.3 Å². The maximum absolute atomic E-state index is 11.9. The maximum atomic E-state index is 11.9. The number of carboxylic acid groups (broad SMARTS) is 1. The summed E-state index contributed by atoms with van der Waals surface area (Å²) < 4.78 is 0. The molecule has 2 fully saturated rings. The van der Waals surface area contributed by atoms with E-state index in [0.717, 1.165) is 12.3 Å². The molecule has 19 heavy (non-hydrogen) atoms. The molecule has 3 N–H and O–H groups in total. The van der Waals surface area contributed by atoms with Gasteiger partial charge in [-0.05, 0) is 42.5 Å². The van der Waals surface area contributed by atoms with Gasteiger partial charge in [-0.3, -0.25) is 5.32 Å². The molecule has 2 aliphatic rings. The van der Waals surface area contributed by atoms with Crippen molar-refractivity contribution in [3.05, 3.63) is 17.0 Å². The van der Waals surface area contributed by atoms with Crippen LogP contribution in [0.2, 0.25) is 0 Å². The smallest absolute Gasteiger partial charge is 0.338 e. The van der Waals surface area contributed by atoms with Crippen LogP contribution in [0.4, 0.5) is 9.80 Å². The standard InChI is InChI=1S/C13H16N2O3S/c16-12(17)9-3-4-19-11(9)15-13(18)14-10-6-7-1-2-8(10)5-7/h3-4,7-8,10H,1-2,5-6H2,(H,16,17)(H2,14,15,18). The van der Waals surface area contributed by atoms with E-state index in [1.54, 1.807) is 5.38 Å². The van der Waals surface area contributed by atoms with Crippen molar-refractivity contribution in [2.45, 2.75) is 31.7 Å². The molecule has 102 valence electrons. The number of carbonyl (C=O) groups excluding carboxylic acids is 1. The van der Waals surface area contributed by atoms with Crippen LogP contribution in [0, 0.1) is 11.8 Å². The average Bonchev–Trinajstić information content (AvgIpc) is 3.03. The first-order valence-corrected chi connectivity index (χ1v) is 7.39. The van der Waals surface area contributed by atoms with Gasteiger partial charge in [0.15, 0.2) is 0 Å². The molecule has 2 saturated carbocycles. The molecule has 3 unspecified atom stereocenters. The number of aromatic carboxylic acids is 1. The van der Waals surface area contributed by atoms with E-state index in [4.69, 9.17) is 5.11 Å². The number of carboxylic acids is 1. The molecule has 0 radical (unpaired) electrons. The maximum Gasteiger partial charge on any atom is 0.338 e. The van der Waals surface area contributed by atoms with E-state index >= 15 is 0 Å². The molecule has 3 rings (SSSR count). The number of carbonyl (C=O) groups is 2. The second-order valence-electron chi connectivity index (χ2n) is 5.35. The van der Waals surface area contributed by atoms with Crippen LogP contribution in [0.25, 0.3) is 0 Å². The third kappa shape index (κ3) is 2.45. The number of fused-ring (bicyclic) bond motifs is 2. The van der Waals surface area contributed by atoms with E-state index in [1.807, 2.05) is 0 Å². The monoisotopic (exact) mass is 280 g/mol. The SMILES string of the molecule is O=C(Nc1sccc1C(=O)O)NC1CC2CCC1C2. The third-order valence-electron chi connectivity index (χ3n) is 4.18. The van der Waals surface area contributed by atoms with E-state index in [9.17, 15) is 9.59 Å². The molecule has 6 heteroatoms. The Morgan fingerprint density at radius 1 is 1.32 bits per heavy atom. The Hall–Kier alpha value is -1.56. The average molecular weight is 280 g/mol. The van der Waals surface area contributed by atoms with Gasteiger partial charge in [0.25, 0.3) is 0 Å². The normalized spacial score (nSPS) is 28.3. The first kappa shape index (κ1) is 12.5. The topological polar surface area (TPSA) is 78.4 Å². The van der Waals surface area contributed by atoms with Gasteiger partial charge in [0.05, 0.1) is 5.56 Å². The van der Waals surface area contributed by atoms with Gasteiger partial charge in [0.1, 0.15) is 5.00 Å². The number of rotatable bonds is 3. The van der Waals surface area contributed by atoms with E-state index in [-0.39, 0.29) is 17.6 Å². The summed E-state index contributed by atoms with van der Waals surface area (Å²) in [6, 6.07) is 1.47. The number of nitrogens with one attached hydrogen (secondary N) is 2. The molecule has 1 aromatic rings. The third-order valence-corrected chi connectivity index (χ3v) is 5.01. The van der Waals surface area contributed by atoms with Crippen LogP contribution in [0.5, 0.6) is 0 Å². The van der Waals surface area contributed by atoms with Crippen LogP contribution in [-0.4, -0.2) is 23.1 Å². The molecule has 1 heterocycles. The lowest BCUT2D eigenvalue weighted by molar-refractivity contribution is 0.0698. The second kappa shape index (κ2) is 4.85. The molecule has 0 spiro atoms. The quantitative estimate of drug-likeness (QED) is 0.796. The molecule has 3 atom stereocenters. The number of hydrogen-bond acceptors (Lipinski definition) is 3. The van der Waals surface area contributed by atoms with Crippen molar-refractivity contribution in [2.24, 2.45) is 11.8 Å².